The van der Waals surface area contributed by atoms with Crippen LogP contribution in [0.1, 0.15) is 40.7 Å². The Hall–Kier alpha value is -2.82. The first-order valence-corrected chi connectivity index (χ1v) is 9.98. The molecule has 2 aliphatic rings. The third-order valence-electron chi connectivity index (χ3n) is 5.58. The average molecular weight is 378 g/mol. The lowest BCUT2D eigenvalue weighted by molar-refractivity contribution is -0.133. The molecule has 2 aromatic carbocycles. The van der Waals surface area contributed by atoms with Gasteiger partial charge >= 0.3 is 0 Å². The second-order valence-corrected chi connectivity index (χ2v) is 7.65. The van der Waals surface area contributed by atoms with E-state index in [2.05, 4.69) is 13.0 Å². The highest BCUT2D eigenvalue weighted by atomic mass is 16.5. The van der Waals surface area contributed by atoms with Crippen LogP contribution in [0.2, 0.25) is 0 Å². The minimum absolute atomic E-state index is 0.0358. The van der Waals surface area contributed by atoms with Crippen molar-refractivity contribution in [3.63, 3.8) is 0 Å². The van der Waals surface area contributed by atoms with Crippen LogP contribution in [0.15, 0.2) is 48.5 Å². The Morgan fingerprint density at radius 2 is 1.89 bits per heavy atom. The molecule has 0 unspecified atom stereocenters. The summed E-state index contributed by atoms with van der Waals surface area (Å²) in [6.07, 6.45) is 2.21. The molecule has 0 spiro atoms. The topological polar surface area (TPSA) is 49.9 Å². The summed E-state index contributed by atoms with van der Waals surface area (Å²) in [4.78, 5) is 28.7. The number of rotatable bonds is 5. The molecule has 0 saturated carbocycles. The smallest absolute Gasteiger partial charge is 0.254 e. The van der Waals surface area contributed by atoms with Crippen LogP contribution in [-0.2, 0) is 11.3 Å². The largest absolute Gasteiger partial charge is 0.490 e. The number of hydrogen-bond donors (Lipinski definition) is 0. The molecule has 2 amide bonds. The van der Waals surface area contributed by atoms with Crippen molar-refractivity contribution >= 4 is 11.8 Å². The van der Waals surface area contributed by atoms with Crippen LogP contribution in [0, 0.1) is 6.92 Å². The van der Waals surface area contributed by atoms with Crippen molar-refractivity contribution in [2.24, 2.45) is 0 Å². The number of likely N-dealkylation sites (tertiary alicyclic amines) is 1. The Bertz CT molecular complexity index is 872. The number of benzene rings is 2. The molecule has 0 bridgehead atoms. The first-order valence-electron chi connectivity index (χ1n) is 9.98. The van der Waals surface area contributed by atoms with E-state index < -0.39 is 0 Å². The van der Waals surface area contributed by atoms with E-state index in [1.54, 1.807) is 4.90 Å². The van der Waals surface area contributed by atoms with E-state index >= 15 is 0 Å². The maximum Gasteiger partial charge on any atom is 0.254 e. The fraction of sp³-hybridized carbons (Fsp3) is 0.391. The van der Waals surface area contributed by atoms with E-state index in [0.29, 0.717) is 32.6 Å². The van der Waals surface area contributed by atoms with Gasteiger partial charge in [-0.3, -0.25) is 9.59 Å². The predicted molar refractivity (Wildman–Crippen MR) is 107 cm³/mol. The van der Waals surface area contributed by atoms with Gasteiger partial charge in [-0.05, 0) is 36.2 Å². The van der Waals surface area contributed by atoms with Crippen LogP contribution in [0.5, 0.6) is 5.75 Å². The number of piperidine rings is 1. The van der Waals surface area contributed by atoms with Gasteiger partial charge in [0.05, 0.1) is 0 Å². The highest BCUT2D eigenvalue weighted by molar-refractivity contribution is 5.98. The summed E-state index contributed by atoms with van der Waals surface area (Å²) in [6, 6.07) is 15.8. The predicted octanol–water partition coefficient (Wildman–Crippen LogP) is 3.41. The number of hydrogen-bond acceptors (Lipinski definition) is 3. The molecular weight excluding hydrogens is 352 g/mol. The molecule has 5 nitrogen and oxygen atoms in total. The van der Waals surface area contributed by atoms with Crippen LogP contribution >= 0.6 is 0 Å². The SMILES string of the molecule is Cc1cccc(OC2CCN(C(=O)CCN3Cc4ccccc4C3=O)CC2)c1. The van der Waals surface area contributed by atoms with Crippen molar-refractivity contribution in [2.45, 2.75) is 38.8 Å². The van der Waals surface area contributed by atoms with Crippen molar-refractivity contribution in [2.75, 3.05) is 19.6 Å². The maximum absolute atomic E-state index is 12.6. The lowest BCUT2D eigenvalue weighted by Gasteiger charge is -2.32. The van der Waals surface area contributed by atoms with Crippen molar-refractivity contribution in [1.82, 2.24) is 9.80 Å². The third kappa shape index (κ3) is 4.03. The normalized spacial score (nSPS) is 17.0. The summed E-state index contributed by atoms with van der Waals surface area (Å²) < 4.78 is 6.06. The second kappa shape index (κ2) is 8.05. The molecule has 5 heteroatoms. The van der Waals surface area contributed by atoms with E-state index in [1.165, 1.54) is 5.56 Å². The standard InChI is InChI=1S/C23H26N2O3/c1-17-5-4-7-20(15-17)28-19-9-12-24(13-10-19)22(26)11-14-25-16-18-6-2-3-8-21(18)23(25)27/h2-8,15,19H,9-14,16H2,1H3. The number of carbonyl (C=O) groups excluding carboxylic acids is 2. The summed E-state index contributed by atoms with van der Waals surface area (Å²) in [7, 11) is 0. The Morgan fingerprint density at radius 1 is 1.11 bits per heavy atom. The summed E-state index contributed by atoms with van der Waals surface area (Å²) >= 11 is 0. The van der Waals surface area contributed by atoms with Crippen molar-refractivity contribution < 1.29 is 14.3 Å². The van der Waals surface area contributed by atoms with Crippen molar-refractivity contribution in [3.05, 3.63) is 65.2 Å². The Balaban J connectivity index is 1.23. The number of aryl methyl sites for hydroxylation is 1. The molecule has 1 saturated heterocycles. The lowest BCUT2D eigenvalue weighted by atomic mass is 10.1. The maximum atomic E-state index is 12.6. The Labute approximate surface area is 165 Å². The van der Waals surface area contributed by atoms with E-state index in [9.17, 15) is 9.59 Å². The molecule has 146 valence electrons. The van der Waals surface area contributed by atoms with Crippen molar-refractivity contribution in [3.8, 4) is 5.75 Å². The number of amides is 2. The minimum Gasteiger partial charge on any atom is -0.490 e. The third-order valence-corrected chi connectivity index (χ3v) is 5.58. The number of fused-ring (bicyclic) bond motifs is 1. The summed E-state index contributed by atoms with van der Waals surface area (Å²) in [5.74, 6) is 1.06. The summed E-state index contributed by atoms with van der Waals surface area (Å²) in [5.41, 5.74) is 3.00. The Morgan fingerprint density at radius 3 is 2.64 bits per heavy atom. The van der Waals surface area contributed by atoms with Gasteiger partial charge in [0.1, 0.15) is 11.9 Å². The zero-order valence-electron chi connectivity index (χ0n) is 16.3. The van der Waals surface area contributed by atoms with E-state index in [0.717, 1.165) is 29.7 Å². The first-order chi connectivity index (χ1) is 13.6. The second-order valence-electron chi connectivity index (χ2n) is 7.65. The first kappa shape index (κ1) is 18.5. The van der Waals surface area contributed by atoms with E-state index in [4.69, 9.17) is 4.74 Å². The fourth-order valence-corrected chi connectivity index (χ4v) is 3.99. The molecular formula is C23H26N2O3. The Kier molecular flexibility index (Phi) is 5.33. The summed E-state index contributed by atoms with van der Waals surface area (Å²) in [6.45, 7) is 4.56. The number of carbonyl (C=O) groups is 2. The number of nitrogens with zero attached hydrogens (tertiary/aromatic N) is 2. The van der Waals surface area contributed by atoms with Gasteiger partial charge in [-0.15, -0.1) is 0 Å². The van der Waals surface area contributed by atoms with Crippen LogP contribution < -0.4 is 4.74 Å². The number of ether oxygens (including phenoxy) is 1. The van der Waals surface area contributed by atoms with Crippen LogP contribution in [0.3, 0.4) is 0 Å². The summed E-state index contributed by atoms with van der Waals surface area (Å²) in [5, 5.41) is 0. The van der Waals surface area contributed by atoms with Gasteiger partial charge in [0.15, 0.2) is 0 Å². The quantitative estimate of drug-likeness (QED) is 0.801. The zero-order valence-corrected chi connectivity index (χ0v) is 16.3. The van der Waals surface area contributed by atoms with Gasteiger partial charge in [-0.25, -0.2) is 0 Å². The molecule has 0 atom stereocenters. The van der Waals surface area contributed by atoms with Crippen LogP contribution in [0.25, 0.3) is 0 Å². The van der Waals surface area contributed by atoms with Crippen molar-refractivity contribution in [1.29, 1.82) is 0 Å². The van der Waals surface area contributed by atoms with Crippen LogP contribution in [-0.4, -0.2) is 47.4 Å². The van der Waals surface area contributed by atoms with Gasteiger partial charge in [0.2, 0.25) is 5.91 Å². The monoisotopic (exact) mass is 378 g/mol. The lowest BCUT2D eigenvalue weighted by Crippen LogP contribution is -2.42. The van der Waals surface area contributed by atoms with E-state index in [-0.39, 0.29) is 17.9 Å². The molecule has 2 heterocycles. The molecule has 2 aromatic rings. The van der Waals surface area contributed by atoms with Gasteiger partial charge in [-0.1, -0.05) is 30.3 Å². The fourth-order valence-electron chi connectivity index (χ4n) is 3.99. The van der Waals surface area contributed by atoms with Gasteiger partial charge in [-0.2, -0.15) is 0 Å². The molecule has 0 radical (unpaired) electrons. The molecule has 4 rings (SSSR count). The molecule has 0 aliphatic carbocycles. The van der Waals surface area contributed by atoms with E-state index in [1.807, 2.05) is 47.4 Å². The van der Waals surface area contributed by atoms with Gasteiger partial charge in [0, 0.05) is 51.0 Å². The van der Waals surface area contributed by atoms with Gasteiger partial charge in [0.25, 0.3) is 5.91 Å². The zero-order chi connectivity index (χ0) is 19.5. The highest BCUT2D eigenvalue weighted by Gasteiger charge is 2.28. The molecule has 0 N–H and O–H groups in total. The molecule has 28 heavy (non-hydrogen) atoms. The van der Waals surface area contributed by atoms with Gasteiger partial charge < -0.3 is 14.5 Å². The highest BCUT2D eigenvalue weighted by Crippen LogP contribution is 2.23. The molecule has 0 aromatic heterocycles. The molecule has 1 fully saturated rings. The minimum atomic E-state index is 0.0358. The van der Waals surface area contributed by atoms with Crippen LogP contribution in [0.4, 0.5) is 0 Å². The molecule has 2 aliphatic heterocycles. The average Bonchev–Trinajstić information content (AvgIpc) is 3.03.